The summed E-state index contributed by atoms with van der Waals surface area (Å²) in [7, 11) is 0. The van der Waals surface area contributed by atoms with Crippen LogP contribution in [0.25, 0.3) is 0 Å². The molecule has 1 aliphatic rings. The van der Waals surface area contributed by atoms with Crippen LogP contribution in [0.4, 0.5) is 0 Å². The van der Waals surface area contributed by atoms with Crippen LogP contribution in [0.5, 0.6) is 0 Å². The molecule has 1 aromatic heterocycles. The lowest BCUT2D eigenvalue weighted by molar-refractivity contribution is 0.363. The predicted octanol–water partition coefficient (Wildman–Crippen LogP) is 2.56. The highest BCUT2D eigenvalue weighted by molar-refractivity contribution is 5.11. The molecule has 0 saturated heterocycles. The quantitative estimate of drug-likeness (QED) is 0.818. The first-order valence-electron chi connectivity index (χ1n) is 5.86. The fraction of sp³-hybridized carbons (Fsp3) is 0.615. The van der Waals surface area contributed by atoms with Gasteiger partial charge in [0.05, 0.1) is 0 Å². The summed E-state index contributed by atoms with van der Waals surface area (Å²) in [6, 6.07) is 6.30. The lowest BCUT2D eigenvalue weighted by Gasteiger charge is -2.25. The molecule has 0 aromatic carbocycles. The molecule has 0 amide bonds. The van der Waals surface area contributed by atoms with Gasteiger partial charge in [0.1, 0.15) is 0 Å². The average molecular weight is 204 g/mol. The van der Waals surface area contributed by atoms with Crippen LogP contribution in [0.2, 0.25) is 0 Å². The van der Waals surface area contributed by atoms with Crippen LogP contribution in [0, 0.1) is 11.8 Å². The molecule has 1 aromatic rings. The molecule has 2 heteroatoms. The van der Waals surface area contributed by atoms with Crippen LogP contribution in [0.3, 0.4) is 0 Å². The van der Waals surface area contributed by atoms with Gasteiger partial charge < -0.3 is 5.73 Å². The number of nitrogens with zero attached hydrogens (tertiary/aromatic N) is 1. The van der Waals surface area contributed by atoms with E-state index < -0.39 is 0 Å². The maximum Gasteiger partial charge on any atom is 0.0447 e. The van der Waals surface area contributed by atoms with Crippen molar-refractivity contribution in [2.75, 3.05) is 0 Å². The molecular weight excluding hydrogens is 184 g/mol. The van der Waals surface area contributed by atoms with Crippen molar-refractivity contribution in [3.8, 4) is 0 Å². The second-order valence-electron chi connectivity index (χ2n) is 4.82. The van der Waals surface area contributed by atoms with Gasteiger partial charge in [-0.1, -0.05) is 19.9 Å². The van der Waals surface area contributed by atoms with Crippen molar-refractivity contribution in [2.45, 2.75) is 38.6 Å². The highest BCUT2D eigenvalue weighted by Crippen LogP contribution is 2.40. The van der Waals surface area contributed by atoms with Crippen LogP contribution in [0.15, 0.2) is 24.4 Å². The molecular formula is C13H20N2. The maximum absolute atomic E-state index is 6.29. The molecule has 1 heterocycles. The predicted molar refractivity (Wildman–Crippen MR) is 62.5 cm³/mol. The number of hydrogen-bond acceptors (Lipinski definition) is 2. The summed E-state index contributed by atoms with van der Waals surface area (Å²) < 4.78 is 0. The third-order valence-corrected chi connectivity index (χ3v) is 3.70. The van der Waals surface area contributed by atoms with Crippen LogP contribution in [-0.4, -0.2) is 11.0 Å². The van der Waals surface area contributed by atoms with Crippen molar-refractivity contribution in [2.24, 2.45) is 17.6 Å². The SMILES string of the molecule is CC(c1ccccn1)C(N)C(C)C1CC1. The van der Waals surface area contributed by atoms with E-state index in [4.69, 9.17) is 5.73 Å². The van der Waals surface area contributed by atoms with Crippen LogP contribution in [0.1, 0.15) is 38.3 Å². The Kier molecular flexibility index (Phi) is 3.06. The molecule has 2 nitrogen and oxygen atoms in total. The smallest absolute Gasteiger partial charge is 0.0447 e. The Morgan fingerprint density at radius 2 is 2.07 bits per heavy atom. The Morgan fingerprint density at radius 1 is 1.33 bits per heavy atom. The Balaban J connectivity index is 2.03. The summed E-state index contributed by atoms with van der Waals surface area (Å²) in [5, 5.41) is 0. The first-order chi connectivity index (χ1) is 7.20. The fourth-order valence-corrected chi connectivity index (χ4v) is 2.23. The van der Waals surface area contributed by atoms with E-state index in [-0.39, 0.29) is 6.04 Å². The summed E-state index contributed by atoms with van der Waals surface area (Å²) in [4.78, 5) is 4.38. The zero-order valence-corrected chi connectivity index (χ0v) is 9.56. The molecule has 1 aliphatic carbocycles. The van der Waals surface area contributed by atoms with Crippen molar-refractivity contribution in [3.63, 3.8) is 0 Å². The van der Waals surface area contributed by atoms with E-state index in [2.05, 4.69) is 24.9 Å². The summed E-state index contributed by atoms with van der Waals surface area (Å²) in [5.74, 6) is 1.86. The van der Waals surface area contributed by atoms with Gasteiger partial charge in [-0.05, 0) is 36.8 Å². The number of aromatic nitrogens is 1. The monoisotopic (exact) mass is 204 g/mol. The lowest BCUT2D eigenvalue weighted by atomic mass is 9.86. The average Bonchev–Trinajstić information content (AvgIpc) is 3.11. The first-order valence-corrected chi connectivity index (χ1v) is 5.86. The standard InChI is InChI=1S/C13H20N2/c1-9(11-6-7-11)13(14)10(2)12-5-3-4-8-15-12/h3-5,8-11,13H,6-7,14H2,1-2H3. The maximum atomic E-state index is 6.29. The Labute approximate surface area is 91.9 Å². The van der Waals surface area contributed by atoms with Gasteiger partial charge >= 0.3 is 0 Å². The summed E-state index contributed by atoms with van der Waals surface area (Å²) in [5.41, 5.74) is 7.42. The largest absolute Gasteiger partial charge is 0.327 e. The molecule has 0 spiro atoms. The van der Waals surface area contributed by atoms with Gasteiger partial charge in [0.15, 0.2) is 0 Å². The van der Waals surface area contributed by atoms with E-state index in [0.29, 0.717) is 11.8 Å². The molecule has 3 atom stereocenters. The second-order valence-corrected chi connectivity index (χ2v) is 4.82. The molecule has 0 aliphatic heterocycles. The summed E-state index contributed by atoms with van der Waals surface area (Å²) >= 11 is 0. The second kappa shape index (κ2) is 4.31. The number of rotatable bonds is 4. The minimum Gasteiger partial charge on any atom is -0.327 e. The highest BCUT2D eigenvalue weighted by Gasteiger charge is 2.34. The fourth-order valence-electron chi connectivity index (χ4n) is 2.23. The molecule has 0 bridgehead atoms. The summed E-state index contributed by atoms with van der Waals surface area (Å²) in [6.07, 6.45) is 4.58. The molecule has 0 radical (unpaired) electrons. The van der Waals surface area contributed by atoms with Crippen LogP contribution in [-0.2, 0) is 0 Å². The van der Waals surface area contributed by atoms with Crippen LogP contribution < -0.4 is 5.73 Å². The summed E-state index contributed by atoms with van der Waals surface area (Å²) in [6.45, 7) is 4.47. The van der Waals surface area contributed by atoms with Crippen molar-refractivity contribution in [1.29, 1.82) is 0 Å². The topological polar surface area (TPSA) is 38.9 Å². The van der Waals surface area contributed by atoms with E-state index in [1.807, 2.05) is 18.3 Å². The first kappa shape index (κ1) is 10.6. The lowest BCUT2D eigenvalue weighted by Crippen LogP contribution is -2.35. The Hall–Kier alpha value is -0.890. The molecule has 2 rings (SSSR count). The van der Waals surface area contributed by atoms with Gasteiger partial charge in [-0.3, -0.25) is 4.98 Å². The van der Waals surface area contributed by atoms with Crippen molar-refractivity contribution < 1.29 is 0 Å². The number of nitrogens with two attached hydrogens (primary N) is 1. The minimum atomic E-state index is 0.243. The highest BCUT2D eigenvalue weighted by atomic mass is 14.7. The van der Waals surface area contributed by atoms with E-state index in [1.165, 1.54) is 12.8 Å². The molecule has 1 saturated carbocycles. The van der Waals surface area contributed by atoms with Crippen molar-refractivity contribution >= 4 is 0 Å². The van der Waals surface area contributed by atoms with Gasteiger partial charge in [0.2, 0.25) is 0 Å². The molecule has 1 fully saturated rings. The van der Waals surface area contributed by atoms with E-state index in [0.717, 1.165) is 11.6 Å². The molecule has 2 N–H and O–H groups in total. The zero-order chi connectivity index (χ0) is 10.8. The van der Waals surface area contributed by atoms with Gasteiger partial charge in [0.25, 0.3) is 0 Å². The minimum absolute atomic E-state index is 0.243. The van der Waals surface area contributed by atoms with Crippen LogP contribution >= 0.6 is 0 Å². The van der Waals surface area contributed by atoms with E-state index in [1.54, 1.807) is 0 Å². The third-order valence-electron chi connectivity index (χ3n) is 3.70. The van der Waals surface area contributed by atoms with Gasteiger partial charge in [0, 0.05) is 23.9 Å². The van der Waals surface area contributed by atoms with Crippen molar-refractivity contribution in [1.82, 2.24) is 4.98 Å². The number of hydrogen-bond donors (Lipinski definition) is 1. The normalized spacial score (nSPS) is 22.1. The van der Waals surface area contributed by atoms with Gasteiger partial charge in [-0.2, -0.15) is 0 Å². The van der Waals surface area contributed by atoms with E-state index >= 15 is 0 Å². The Morgan fingerprint density at radius 3 is 2.60 bits per heavy atom. The zero-order valence-electron chi connectivity index (χ0n) is 9.56. The van der Waals surface area contributed by atoms with E-state index in [9.17, 15) is 0 Å². The van der Waals surface area contributed by atoms with Crippen molar-refractivity contribution in [3.05, 3.63) is 30.1 Å². The molecule has 15 heavy (non-hydrogen) atoms. The molecule has 82 valence electrons. The van der Waals surface area contributed by atoms with Gasteiger partial charge in [-0.15, -0.1) is 0 Å². The number of pyridine rings is 1. The van der Waals surface area contributed by atoms with Gasteiger partial charge in [-0.25, -0.2) is 0 Å². The third kappa shape index (κ3) is 2.37. The molecule has 3 unspecified atom stereocenters. The Bertz CT molecular complexity index is 306.